The van der Waals surface area contributed by atoms with E-state index in [0.717, 1.165) is 19.5 Å². The molecule has 64 valence electrons. The average molecular weight is 155 g/mol. The van der Waals surface area contributed by atoms with Gasteiger partial charge in [-0.2, -0.15) is 0 Å². The second-order valence-electron chi connectivity index (χ2n) is 3.38. The number of hydrogen-bond donors (Lipinski definition) is 0. The Morgan fingerprint density at radius 3 is 2.45 bits per heavy atom. The molecule has 1 fully saturated rings. The topological polar surface area (TPSA) is 20.3 Å². The zero-order chi connectivity index (χ0) is 8.48. The standard InChI is InChI=1S/C9H17NO/c1-4-8(11)9(3)6-7-10(9)5-2/h4-7H2,1-3H3. The lowest BCUT2D eigenvalue weighted by Crippen LogP contribution is -2.62. The Kier molecular flexibility index (Phi) is 2.33. The molecule has 1 rings (SSSR count). The minimum Gasteiger partial charge on any atom is -0.298 e. The Morgan fingerprint density at radius 1 is 1.55 bits per heavy atom. The van der Waals surface area contributed by atoms with Crippen LogP contribution < -0.4 is 0 Å². The Balaban J connectivity index is 2.60. The maximum Gasteiger partial charge on any atom is 0.152 e. The van der Waals surface area contributed by atoms with E-state index >= 15 is 0 Å². The number of ketones is 1. The summed E-state index contributed by atoms with van der Waals surface area (Å²) in [5, 5.41) is 0. The summed E-state index contributed by atoms with van der Waals surface area (Å²) < 4.78 is 0. The molecule has 0 saturated carbocycles. The van der Waals surface area contributed by atoms with Gasteiger partial charge in [0.05, 0.1) is 5.54 Å². The predicted molar refractivity (Wildman–Crippen MR) is 45.6 cm³/mol. The summed E-state index contributed by atoms with van der Waals surface area (Å²) in [5.74, 6) is 0.394. The highest BCUT2D eigenvalue weighted by molar-refractivity contribution is 5.88. The highest BCUT2D eigenvalue weighted by Crippen LogP contribution is 2.31. The van der Waals surface area contributed by atoms with Gasteiger partial charge in [-0.05, 0) is 19.9 Å². The van der Waals surface area contributed by atoms with Crippen molar-refractivity contribution in [1.82, 2.24) is 4.90 Å². The van der Waals surface area contributed by atoms with E-state index in [1.165, 1.54) is 0 Å². The number of hydrogen-bond acceptors (Lipinski definition) is 2. The van der Waals surface area contributed by atoms with Crippen LogP contribution in [0.15, 0.2) is 0 Å². The molecule has 0 aromatic rings. The number of likely N-dealkylation sites (N-methyl/N-ethyl adjacent to an activating group) is 1. The molecule has 0 aromatic heterocycles. The summed E-state index contributed by atoms with van der Waals surface area (Å²) in [6, 6.07) is 0. The highest BCUT2D eigenvalue weighted by atomic mass is 16.1. The van der Waals surface area contributed by atoms with E-state index in [9.17, 15) is 4.79 Å². The largest absolute Gasteiger partial charge is 0.298 e. The molecule has 1 aliphatic rings. The van der Waals surface area contributed by atoms with E-state index in [-0.39, 0.29) is 5.54 Å². The van der Waals surface area contributed by atoms with Crippen molar-refractivity contribution in [2.45, 2.75) is 39.2 Å². The molecule has 0 radical (unpaired) electrons. The van der Waals surface area contributed by atoms with Gasteiger partial charge in [-0.15, -0.1) is 0 Å². The Labute approximate surface area is 68.6 Å². The van der Waals surface area contributed by atoms with Gasteiger partial charge in [0, 0.05) is 13.0 Å². The summed E-state index contributed by atoms with van der Waals surface area (Å²) in [5.41, 5.74) is -0.108. The molecule has 0 amide bonds. The Morgan fingerprint density at radius 2 is 2.18 bits per heavy atom. The average Bonchev–Trinajstić information content (AvgIpc) is 2.00. The molecule has 0 aliphatic carbocycles. The monoisotopic (exact) mass is 155 g/mol. The summed E-state index contributed by atoms with van der Waals surface area (Å²) in [6.07, 6.45) is 1.72. The molecule has 0 spiro atoms. The smallest absolute Gasteiger partial charge is 0.152 e. The molecule has 1 atom stereocenters. The third kappa shape index (κ3) is 1.20. The number of carbonyl (C=O) groups excluding carboxylic acids is 1. The van der Waals surface area contributed by atoms with E-state index in [4.69, 9.17) is 0 Å². The van der Waals surface area contributed by atoms with Crippen LogP contribution in [-0.4, -0.2) is 29.3 Å². The molecule has 2 heteroatoms. The third-order valence-corrected chi connectivity index (χ3v) is 2.87. The van der Waals surface area contributed by atoms with Crippen LogP contribution in [0.2, 0.25) is 0 Å². The van der Waals surface area contributed by atoms with Crippen molar-refractivity contribution in [1.29, 1.82) is 0 Å². The van der Waals surface area contributed by atoms with Crippen LogP contribution in [0.4, 0.5) is 0 Å². The van der Waals surface area contributed by atoms with Crippen LogP contribution >= 0.6 is 0 Å². The number of likely N-dealkylation sites (tertiary alicyclic amines) is 1. The molecule has 1 heterocycles. The normalized spacial score (nSPS) is 31.5. The summed E-state index contributed by atoms with van der Waals surface area (Å²) in [7, 11) is 0. The fourth-order valence-electron chi connectivity index (χ4n) is 1.81. The van der Waals surface area contributed by atoms with E-state index in [0.29, 0.717) is 12.2 Å². The number of carbonyl (C=O) groups is 1. The number of Topliss-reactive ketones (excluding diaryl/α,β-unsaturated/α-hetero) is 1. The highest BCUT2D eigenvalue weighted by Gasteiger charge is 2.44. The second kappa shape index (κ2) is 2.94. The molecule has 2 nitrogen and oxygen atoms in total. The van der Waals surface area contributed by atoms with Gasteiger partial charge in [-0.1, -0.05) is 13.8 Å². The Hall–Kier alpha value is -0.370. The molecule has 0 bridgehead atoms. The second-order valence-corrected chi connectivity index (χ2v) is 3.38. The zero-order valence-corrected chi connectivity index (χ0v) is 7.68. The maximum absolute atomic E-state index is 11.4. The first-order valence-electron chi connectivity index (χ1n) is 4.43. The van der Waals surface area contributed by atoms with Crippen molar-refractivity contribution < 1.29 is 4.79 Å². The lowest BCUT2D eigenvalue weighted by Gasteiger charge is -2.49. The van der Waals surface area contributed by atoms with Crippen molar-refractivity contribution in [2.75, 3.05) is 13.1 Å². The number of nitrogens with zero attached hydrogens (tertiary/aromatic N) is 1. The molecule has 1 saturated heterocycles. The predicted octanol–water partition coefficient (Wildman–Crippen LogP) is 1.45. The minimum atomic E-state index is -0.108. The van der Waals surface area contributed by atoms with Gasteiger partial charge in [0.25, 0.3) is 0 Å². The van der Waals surface area contributed by atoms with Crippen molar-refractivity contribution in [3.63, 3.8) is 0 Å². The first kappa shape index (κ1) is 8.72. The zero-order valence-electron chi connectivity index (χ0n) is 7.68. The van der Waals surface area contributed by atoms with Gasteiger partial charge in [0.15, 0.2) is 5.78 Å². The van der Waals surface area contributed by atoms with Gasteiger partial charge in [0.1, 0.15) is 0 Å². The molecule has 1 aliphatic heterocycles. The summed E-state index contributed by atoms with van der Waals surface area (Å²) in [4.78, 5) is 13.7. The van der Waals surface area contributed by atoms with E-state index in [2.05, 4.69) is 18.7 Å². The molecular formula is C9H17NO. The number of rotatable bonds is 3. The van der Waals surface area contributed by atoms with E-state index in [1.54, 1.807) is 0 Å². The molecule has 0 aromatic carbocycles. The lowest BCUT2D eigenvalue weighted by atomic mass is 9.81. The van der Waals surface area contributed by atoms with E-state index in [1.807, 2.05) is 6.92 Å². The quantitative estimate of drug-likeness (QED) is 0.615. The summed E-state index contributed by atoms with van der Waals surface area (Å²) in [6.45, 7) is 8.22. The first-order valence-corrected chi connectivity index (χ1v) is 4.43. The SMILES string of the molecule is CCC(=O)C1(C)CCN1CC. The van der Waals surface area contributed by atoms with E-state index < -0.39 is 0 Å². The van der Waals surface area contributed by atoms with Crippen LogP contribution in [0.25, 0.3) is 0 Å². The molecule has 1 unspecified atom stereocenters. The van der Waals surface area contributed by atoms with Crippen LogP contribution in [0.5, 0.6) is 0 Å². The fraction of sp³-hybridized carbons (Fsp3) is 0.889. The van der Waals surface area contributed by atoms with Gasteiger partial charge in [-0.25, -0.2) is 0 Å². The fourth-order valence-corrected chi connectivity index (χ4v) is 1.81. The first-order chi connectivity index (χ1) is 5.15. The minimum absolute atomic E-state index is 0.108. The van der Waals surface area contributed by atoms with Crippen molar-refractivity contribution in [3.8, 4) is 0 Å². The molecule has 11 heavy (non-hydrogen) atoms. The van der Waals surface area contributed by atoms with Crippen LogP contribution in [0.3, 0.4) is 0 Å². The van der Waals surface area contributed by atoms with Crippen LogP contribution in [0.1, 0.15) is 33.6 Å². The lowest BCUT2D eigenvalue weighted by molar-refractivity contribution is -0.137. The third-order valence-electron chi connectivity index (χ3n) is 2.87. The van der Waals surface area contributed by atoms with Crippen molar-refractivity contribution in [3.05, 3.63) is 0 Å². The van der Waals surface area contributed by atoms with Crippen molar-refractivity contribution >= 4 is 5.78 Å². The molecule has 0 N–H and O–H groups in total. The summed E-state index contributed by atoms with van der Waals surface area (Å²) >= 11 is 0. The van der Waals surface area contributed by atoms with Gasteiger partial charge < -0.3 is 0 Å². The van der Waals surface area contributed by atoms with Gasteiger partial charge in [0.2, 0.25) is 0 Å². The maximum atomic E-state index is 11.4. The Bertz CT molecular complexity index is 165. The van der Waals surface area contributed by atoms with Gasteiger partial charge >= 0.3 is 0 Å². The van der Waals surface area contributed by atoms with Crippen LogP contribution in [0, 0.1) is 0 Å². The molecular weight excluding hydrogens is 138 g/mol. The van der Waals surface area contributed by atoms with Crippen LogP contribution in [-0.2, 0) is 4.79 Å². The van der Waals surface area contributed by atoms with Crippen molar-refractivity contribution in [2.24, 2.45) is 0 Å². The van der Waals surface area contributed by atoms with Gasteiger partial charge in [-0.3, -0.25) is 9.69 Å².